The smallest absolute Gasteiger partial charge is 0.146 e. The number of hydrogen-bond donors (Lipinski definition) is 2. The normalized spacial score (nSPS) is 11.3. The van der Waals surface area contributed by atoms with Crippen molar-refractivity contribution in [3.05, 3.63) is 28.9 Å². The number of hydrogen-bond acceptors (Lipinski definition) is 3. The molecule has 3 rings (SSSR count). The summed E-state index contributed by atoms with van der Waals surface area (Å²) in [6.07, 6.45) is 2.75. The summed E-state index contributed by atoms with van der Waals surface area (Å²) in [7, 11) is 0. The van der Waals surface area contributed by atoms with Crippen molar-refractivity contribution < 1.29 is 0 Å². The minimum Gasteiger partial charge on any atom is -0.383 e. The molecular formula is C13H14BrN5. The number of aromatic amines is 1. The number of benzene rings is 1. The molecule has 0 aliphatic heterocycles. The lowest BCUT2D eigenvalue weighted by Gasteiger charge is -2.06. The first-order valence-electron chi connectivity index (χ1n) is 6.15. The first-order chi connectivity index (χ1) is 9.20. The largest absolute Gasteiger partial charge is 0.383 e. The van der Waals surface area contributed by atoms with Crippen LogP contribution in [0.4, 0.5) is 5.82 Å². The van der Waals surface area contributed by atoms with Gasteiger partial charge in [-0.05, 0) is 24.6 Å². The molecule has 0 unspecified atom stereocenters. The van der Waals surface area contributed by atoms with E-state index in [2.05, 4.69) is 48.7 Å². The van der Waals surface area contributed by atoms with Gasteiger partial charge < -0.3 is 10.3 Å². The van der Waals surface area contributed by atoms with E-state index in [9.17, 15) is 0 Å². The van der Waals surface area contributed by atoms with Gasteiger partial charge in [-0.2, -0.15) is 5.10 Å². The zero-order chi connectivity index (χ0) is 13.4. The second kappa shape index (κ2) is 4.70. The number of aromatic nitrogens is 4. The molecule has 6 heteroatoms. The summed E-state index contributed by atoms with van der Waals surface area (Å²) in [6.45, 7) is 3.05. The van der Waals surface area contributed by atoms with Gasteiger partial charge in [-0.15, -0.1) is 0 Å². The van der Waals surface area contributed by atoms with Gasteiger partial charge in [0.05, 0.1) is 22.8 Å². The molecule has 0 saturated heterocycles. The number of imidazole rings is 1. The number of anilines is 1. The van der Waals surface area contributed by atoms with Crippen molar-refractivity contribution in [2.45, 2.75) is 19.9 Å². The van der Waals surface area contributed by atoms with Gasteiger partial charge in [0, 0.05) is 11.0 Å². The number of halogens is 1. The van der Waals surface area contributed by atoms with Crippen LogP contribution in [0, 0.1) is 0 Å². The summed E-state index contributed by atoms with van der Waals surface area (Å²) >= 11 is 3.48. The Hall–Kier alpha value is -1.82. The average Bonchev–Trinajstić information content (AvgIpc) is 2.94. The SMILES string of the molecule is CCCn1c(-c2cn[nH]c2N)nc2cc(Br)ccc21. The van der Waals surface area contributed by atoms with Crippen LogP contribution in [0.3, 0.4) is 0 Å². The minimum absolute atomic E-state index is 0.548. The van der Waals surface area contributed by atoms with Crippen molar-refractivity contribution >= 4 is 32.8 Å². The number of fused-ring (bicyclic) bond motifs is 1. The number of H-pyrrole nitrogens is 1. The van der Waals surface area contributed by atoms with Gasteiger partial charge in [-0.25, -0.2) is 4.98 Å². The molecule has 0 aliphatic rings. The predicted molar refractivity (Wildman–Crippen MR) is 79.7 cm³/mol. The maximum absolute atomic E-state index is 5.91. The van der Waals surface area contributed by atoms with Crippen molar-refractivity contribution in [2.75, 3.05) is 5.73 Å². The zero-order valence-electron chi connectivity index (χ0n) is 10.5. The standard InChI is InChI=1S/C13H14BrN5/c1-2-5-19-11-4-3-8(14)6-10(11)17-13(19)9-7-16-18-12(9)15/h3-4,6-7H,2,5H2,1H3,(H3,15,16,18). The summed E-state index contributed by atoms with van der Waals surface area (Å²) < 4.78 is 3.20. The minimum atomic E-state index is 0.548. The third-order valence-electron chi connectivity index (χ3n) is 3.07. The Morgan fingerprint density at radius 2 is 2.26 bits per heavy atom. The molecule has 0 fully saturated rings. The molecule has 0 atom stereocenters. The van der Waals surface area contributed by atoms with Crippen LogP contribution < -0.4 is 5.73 Å². The fourth-order valence-corrected chi connectivity index (χ4v) is 2.58. The second-order valence-corrected chi connectivity index (χ2v) is 5.33. The van der Waals surface area contributed by atoms with Crippen molar-refractivity contribution in [2.24, 2.45) is 0 Å². The monoisotopic (exact) mass is 319 g/mol. The van der Waals surface area contributed by atoms with E-state index in [1.54, 1.807) is 6.20 Å². The summed E-state index contributed by atoms with van der Waals surface area (Å²) in [5.41, 5.74) is 8.83. The first-order valence-corrected chi connectivity index (χ1v) is 6.95. The van der Waals surface area contributed by atoms with Gasteiger partial charge in [0.1, 0.15) is 11.6 Å². The third kappa shape index (κ3) is 2.02. The van der Waals surface area contributed by atoms with Crippen molar-refractivity contribution in [1.29, 1.82) is 0 Å². The molecule has 0 bridgehead atoms. The quantitative estimate of drug-likeness (QED) is 0.778. The van der Waals surface area contributed by atoms with Crippen LogP contribution in [0.5, 0.6) is 0 Å². The van der Waals surface area contributed by atoms with Gasteiger partial charge in [0.25, 0.3) is 0 Å². The van der Waals surface area contributed by atoms with Gasteiger partial charge >= 0.3 is 0 Å². The number of aryl methyl sites for hydroxylation is 1. The van der Waals surface area contributed by atoms with Crippen molar-refractivity contribution in [1.82, 2.24) is 19.7 Å². The average molecular weight is 320 g/mol. The molecule has 3 N–H and O–H groups in total. The molecule has 1 aromatic carbocycles. The molecule has 5 nitrogen and oxygen atoms in total. The number of nitrogens with one attached hydrogen (secondary N) is 1. The number of nitrogens with zero attached hydrogens (tertiary/aromatic N) is 3. The third-order valence-corrected chi connectivity index (χ3v) is 3.56. The molecule has 0 amide bonds. The number of rotatable bonds is 3. The molecule has 3 aromatic rings. The summed E-state index contributed by atoms with van der Waals surface area (Å²) in [4.78, 5) is 4.69. The molecule has 0 saturated carbocycles. The van der Waals surface area contributed by atoms with E-state index in [0.717, 1.165) is 39.9 Å². The first kappa shape index (κ1) is 12.2. The van der Waals surface area contributed by atoms with Gasteiger partial charge in [0.15, 0.2) is 0 Å². The number of nitrogens with two attached hydrogens (primary N) is 1. The maximum atomic E-state index is 5.91. The topological polar surface area (TPSA) is 72.5 Å². The number of nitrogen functional groups attached to an aromatic ring is 1. The molecule has 19 heavy (non-hydrogen) atoms. The van der Waals surface area contributed by atoms with Gasteiger partial charge in [-0.3, -0.25) is 5.10 Å². The lowest BCUT2D eigenvalue weighted by Crippen LogP contribution is -2.00. The highest BCUT2D eigenvalue weighted by atomic mass is 79.9. The highest BCUT2D eigenvalue weighted by molar-refractivity contribution is 9.10. The maximum Gasteiger partial charge on any atom is 0.146 e. The van der Waals surface area contributed by atoms with E-state index >= 15 is 0 Å². The Morgan fingerprint density at radius 1 is 1.42 bits per heavy atom. The fraction of sp³-hybridized carbons (Fsp3) is 0.231. The predicted octanol–water partition coefficient (Wildman–Crippen LogP) is 3.18. The zero-order valence-corrected chi connectivity index (χ0v) is 12.1. The second-order valence-electron chi connectivity index (χ2n) is 4.42. The summed E-state index contributed by atoms with van der Waals surface area (Å²) in [5, 5.41) is 6.73. The van der Waals surface area contributed by atoms with Crippen LogP contribution in [0.2, 0.25) is 0 Å². The van der Waals surface area contributed by atoms with Crippen molar-refractivity contribution in [3.63, 3.8) is 0 Å². The van der Waals surface area contributed by atoms with Crippen LogP contribution in [0.1, 0.15) is 13.3 Å². The van der Waals surface area contributed by atoms with E-state index in [-0.39, 0.29) is 0 Å². The van der Waals surface area contributed by atoms with Crippen LogP contribution in [0.15, 0.2) is 28.9 Å². The van der Waals surface area contributed by atoms with E-state index in [4.69, 9.17) is 5.73 Å². The highest BCUT2D eigenvalue weighted by Gasteiger charge is 2.15. The molecule has 0 aliphatic carbocycles. The van der Waals surface area contributed by atoms with E-state index < -0.39 is 0 Å². The Morgan fingerprint density at radius 3 is 2.95 bits per heavy atom. The fourth-order valence-electron chi connectivity index (χ4n) is 2.23. The Bertz CT molecular complexity index is 728. The summed E-state index contributed by atoms with van der Waals surface area (Å²) in [6, 6.07) is 6.11. The van der Waals surface area contributed by atoms with Crippen molar-refractivity contribution in [3.8, 4) is 11.4 Å². The van der Waals surface area contributed by atoms with Crippen LogP contribution >= 0.6 is 15.9 Å². The highest BCUT2D eigenvalue weighted by Crippen LogP contribution is 2.29. The molecule has 2 aromatic heterocycles. The lowest BCUT2D eigenvalue weighted by molar-refractivity contribution is 0.704. The molecule has 0 spiro atoms. The van der Waals surface area contributed by atoms with Crippen LogP contribution in [0.25, 0.3) is 22.4 Å². The molecule has 0 radical (unpaired) electrons. The van der Waals surface area contributed by atoms with Crippen LogP contribution in [-0.2, 0) is 6.54 Å². The summed E-state index contributed by atoms with van der Waals surface area (Å²) in [5.74, 6) is 1.41. The van der Waals surface area contributed by atoms with Gasteiger partial charge in [-0.1, -0.05) is 22.9 Å². The molecule has 98 valence electrons. The Balaban J connectivity index is 2.28. The van der Waals surface area contributed by atoms with E-state index in [0.29, 0.717) is 5.82 Å². The molecular weight excluding hydrogens is 306 g/mol. The molecule has 2 heterocycles. The van der Waals surface area contributed by atoms with E-state index in [1.807, 2.05) is 12.1 Å². The van der Waals surface area contributed by atoms with Crippen LogP contribution in [-0.4, -0.2) is 19.7 Å². The van der Waals surface area contributed by atoms with Gasteiger partial charge in [0.2, 0.25) is 0 Å². The van der Waals surface area contributed by atoms with E-state index in [1.165, 1.54) is 0 Å². The lowest BCUT2D eigenvalue weighted by atomic mass is 10.3. The Labute approximate surface area is 119 Å². The Kier molecular flexibility index (Phi) is 3.02.